The van der Waals surface area contributed by atoms with Crippen LogP contribution in [-0.4, -0.2) is 22.5 Å². The Morgan fingerprint density at radius 2 is 2.00 bits per heavy atom. The molecule has 1 rings (SSSR count). The van der Waals surface area contributed by atoms with Gasteiger partial charge < -0.3 is 10.8 Å². The van der Waals surface area contributed by atoms with Crippen LogP contribution in [0, 0.1) is 16.0 Å². The third-order valence-corrected chi connectivity index (χ3v) is 2.26. The van der Waals surface area contributed by atoms with Crippen LogP contribution in [0.2, 0.25) is 0 Å². The van der Waals surface area contributed by atoms with E-state index >= 15 is 0 Å². The summed E-state index contributed by atoms with van der Waals surface area (Å²) in [5.74, 6) is -1.61. The number of rotatable bonds is 5. The molecule has 0 aliphatic carbocycles. The first-order valence-corrected chi connectivity index (χ1v) is 4.70. The molecule has 0 bridgehead atoms. The van der Waals surface area contributed by atoms with Gasteiger partial charge in [0.2, 0.25) is 0 Å². The van der Waals surface area contributed by atoms with Gasteiger partial charge >= 0.3 is 5.97 Å². The summed E-state index contributed by atoms with van der Waals surface area (Å²) in [6, 6.07) is 5.79. The van der Waals surface area contributed by atoms with E-state index in [4.69, 9.17) is 10.8 Å². The Hall–Kier alpha value is -1.95. The molecule has 86 valence electrons. The van der Waals surface area contributed by atoms with Gasteiger partial charge in [0, 0.05) is 18.7 Å². The number of nitro benzene ring substituents is 1. The predicted octanol–water partition coefficient (Wildman–Crippen LogP) is 0.797. The van der Waals surface area contributed by atoms with Gasteiger partial charge in [-0.05, 0) is 12.0 Å². The van der Waals surface area contributed by atoms with Gasteiger partial charge in [-0.3, -0.25) is 14.9 Å². The SMILES string of the molecule is NC[C@H](Cc1ccc([N+](=O)[O-])cc1)C(=O)O. The number of hydrogen-bond acceptors (Lipinski definition) is 4. The quantitative estimate of drug-likeness (QED) is 0.568. The highest BCUT2D eigenvalue weighted by Crippen LogP contribution is 2.14. The molecule has 0 fully saturated rings. The molecule has 0 unspecified atom stereocenters. The molecule has 0 radical (unpaired) electrons. The lowest BCUT2D eigenvalue weighted by molar-refractivity contribution is -0.384. The maximum Gasteiger partial charge on any atom is 0.308 e. The van der Waals surface area contributed by atoms with E-state index in [1.54, 1.807) is 12.1 Å². The lowest BCUT2D eigenvalue weighted by atomic mass is 9.99. The summed E-state index contributed by atoms with van der Waals surface area (Å²) in [5.41, 5.74) is 6.03. The molecule has 6 heteroatoms. The Morgan fingerprint density at radius 1 is 1.44 bits per heavy atom. The smallest absolute Gasteiger partial charge is 0.308 e. The fourth-order valence-electron chi connectivity index (χ4n) is 1.31. The van der Waals surface area contributed by atoms with E-state index in [-0.39, 0.29) is 18.7 Å². The fraction of sp³-hybridized carbons (Fsp3) is 0.300. The molecule has 0 saturated heterocycles. The number of carbonyl (C=O) groups is 1. The van der Waals surface area contributed by atoms with Gasteiger partial charge in [0.1, 0.15) is 0 Å². The summed E-state index contributed by atoms with van der Waals surface area (Å²) in [7, 11) is 0. The van der Waals surface area contributed by atoms with Crippen molar-refractivity contribution in [3.8, 4) is 0 Å². The highest BCUT2D eigenvalue weighted by molar-refractivity contribution is 5.70. The molecule has 1 atom stereocenters. The maximum atomic E-state index is 10.7. The van der Waals surface area contributed by atoms with Gasteiger partial charge in [-0.2, -0.15) is 0 Å². The molecule has 0 aliphatic rings. The summed E-state index contributed by atoms with van der Waals surface area (Å²) >= 11 is 0. The van der Waals surface area contributed by atoms with Crippen LogP contribution in [0.25, 0.3) is 0 Å². The molecule has 0 saturated carbocycles. The number of benzene rings is 1. The third-order valence-electron chi connectivity index (χ3n) is 2.26. The van der Waals surface area contributed by atoms with Gasteiger partial charge in [-0.25, -0.2) is 0 Å². The van der Waals surface area contributed by atoms with Crippen molar-refractivity contribution >= 4 is 11.7 Å². The number of nitrogens with two attached hydrogens (primary N) is 1. The molecule has 16 heavy (non-hydrogen) atoms. The molecule has 0 aliphatic heterocycles. The lowest BCUT2D eigenvalue weighted by Gasteiger charge is -2.08. The minimum atomic E-state index is -0.958. The second-order valence-electron chi connectivity index (χ2n) is 3.40. The summed E-state index contributed by atoms with van der Waals surface area (Å²) in [4.78, 5) is 20.6. The third kappa shape index (κ3) is 3.03. The van der Waals surface area contributed by atoms with Gasteiger partial charge in [0.15, 0.2) is 0 Å². The first-order chi connectivity index (χ1) is 7.54. The van der Waals surface area contributed by atoms with E-state index in [9.17, 15) is 14.9 Å². The molecule has 3 N–H and O–H groups in total. The van der Waals surface area contributed by atoms with E-state index in [0.29, 0.717) is 0 Å². The minimum absolute atomic E-state index is 0.0108. The summed E-state index contributed by atoms with van der Waals surface area (Å²) in [6.45, 7) is 0.0479. The van der Waals surface area contributed by atoms with Crippen LogP contribution in [0.3, 0.4) is 0 Å². The van der Waals surface area contributed by atoms with Crippen molar-refractivity contribution < 1.29 is 14.8 Å². The first kappa shape index (κ1) is 12.1. The molecule has 6 nitrogen and oxygen atoms in total. The number of nitrogens with zero attached hydrogens (tertiary/aromatic N) is 1. The normalized spacial score (nSPS) is 12.1. The molecule has 0 aromatic heterocycles. The Balaban J connectivity index is 2.75. The molecule has 0 spiro atoms. The second-order valence-corrected chi connectivity index (χ2v) is 3.40. The van der Waals surface area contributed by atoms with Crippen LogP contribution in [0.4, 0.5) is 5.69 Å². The van der Waals surface area contributed by atoms with Crippen molar-refractivity contribution in [1.82, 2.24) is 0 Å². The van der Waals surface area contributed by atoms with E-state index in [0.717, 1.165) is 5.56 Å². The van der Waals surface area contributed by atoms with Crippen LogP contribution < -0.4 is 5.73 Å². The highest BCUT2D eigenvalue weighted by atomic mass is 16.6. The van der Waals surface area contributed by atoms with Gasteiger partial charge in [0.05, 0.1) is 10.8 Å². The van der Waals surface area contributed by atoms with Crippen molar-refractivity contribution in [1.29, 1.82) is 0 Å². The average molecular weight is 224 g/mol. The lowest BCUT2D eigenvalue weighted by Crippen LogP contribution is -2.25. The van der Waals surface area contributed by atoms with Crippen LogP contribution in [0.15, 0.2) is 24.3 Å². The maximum absolute atomic E-state index is 10.7. The molecular weight excluding hydrogens is 212 g/mol. The van der Waals surface area contributed by atoms with Crippen molar-refractivity contribution in [3.63, 3.8) is 0 Å². The molecule has 0 amide bonds. The number of hydrogen-bond donors (Lipinski definition) is 2. The van der Waals surface area contributed by atoms with E-state index < -0.39 is 16.8 Å². The topological polar surface area (TPSA) is 106 Å². The fourth-order valence-corrected chi connectivity index (χ4v) is 1.31. The number of aliphatic carboxylic acids is 1. The largest absolute Gasteiger partial charge is 0.481 e. The Labute approximate surface area is 91.8 Å². The number of nitro groups is 1. The molecular formula is C10H12N2O4. The van der Waals surface area contributed by atoms with Crippen molar-refractivity contribution in [2.45, 2.75) is 6.42 Å². The van der Waals surface area contributed by atoms with Gasteiger partial charge in [0.25, 0.3) is 5.69 Å². The summed E-state index contributed by atoms with van der Waals surface area (Å²) in [6.07, 6.45) is 0.282. The summed E-state index contributed by atoms with van der Waals surface area (Å²) < 4.78 is 0. The standard InChI is InChI=1S/C10H12N2O4/c11-6-8(10(13)14)5-7-1-3-9(4-2-7)12(15)16/h1-4,8H,5-6,11H2,(H,13,14)/t8-/m0/s1. The highest BCUT2D eigenvalue weighted by Gasteiger charge is 2.16. The Kier molecular flexibility index (Phi) is 3.96. The zero-order valence-electron chi connectivity index (χ0n) is 8.50. The van der Waals surface area contributed by atoms with Gasteiger partial charge in [-0.1, -0.05) is 12.1 Å². The van der Waals surface area contributed by atoms with Crippen molar-refractivity contribution in [2.75, 3.05) is 6.54 Å². The second kappa shape index (κ2) is 5.22. The number of carboxylic acids is 1. The minimum Gasteiger partial charge on any atom is -0.481 e. The average Bonchev–Trinajstić information content (AvgIpc) is 2.26. The Morgan fingerprint density at radius 3 is 2.38 bits per heavy atom. The van der Waals surface area contributed by atoms with Crippen molar-refractivity contribution in [3.05, 3.63) is 39.9 Å². The van der Waals surface area contributed by atoms with Crippen LogP contribution in [0.1, 0.15) is 5.56 Å². The molecule has 0 heterocycles. The number of non-ortho nitro benzene ring substituents is 1. The molecule has 1 aromatic carbocycles. The molecule has 1 aromatic rings. The first-order valence-electron chi connectivity index (χ1n) is 4.70. The van der Waals surface area contributed by atoms with Crippen LogP contribution in [-0.2, 0) is 11.2 Å². The van der Waals surface area contributed by atoms with E-state index in [1.807, 2.05) is 0 Å². The van der Waals surface area contributed by atoms with Gasteiger partial charge in [-0.15, -0.1) is 0 Å². The Bertz CT molecular complexity index is 388. The van der Waals surface area contributed by atoms with Crippen LogP contribution >= 0.6 is 0 Å². The monoisotopic (exact) mass is 224 g/mol. The summed E-state index contributed by atoms with van der Waals surface area (Å²) in [5, 5.41) is 19.2. The van der Waals surface area contributed by atoms with E-state index in [1.165, 1.54) is 12.1 Å². The zero-order valence-corrected chi connectivity index (χ0v) is 8.50. The zero-order chi connectivity index (χ0) is 12.1. The van der Waals surface area contributed by atoms with E-state index in [2.05, 4.69) is 0 Å². The van der Waals surface area contributed by atoms with Crippen molar-refractivity contribution in [2.24, 2.45) is 11.7 Å². The van der Waals surface area contributed by atoms with Crippen LogP contribution in [0.5, 0.6) is 0 Å². The predicted molar refractivity (Wildman–Crippen MR) is 57.0 cm³/mol. The number of carboxylic acid groups (broad SMARTS) is 1.